The van der Waals surface area contributed by atoms with E-state index >= 15 is 0 Å². The van der Waals surface area contributed by atoms with Gasteiger partial charge in [0.15, 0.2) is 0 Å². The largest absolute Gasteiger partial charge is 0.107 e. The fourth-order valence-electron chi connectivity index (χ4n) is 3.05. The monoisotopic (exact) mass is 320 g/mol. The third kappa shape index (κ3) is 10.4. The molecule has 1 rings (SSSR count). The van der Waals surface area contributed by atoms with Crippen molar-refractivity contribution < 1.29 is 0 Å². The van der Waals surface area contributed by atoms with E-state index in [9.17, 15) is 0 Å². The zero-order valence-electron chi connectivity index (χ0n) is 15.0. The van der Waals surface area contributed by atoms with Crippen LogP contribution in [0.5, 0.6) is 0 Å². The minimum Gasteiger partial charge on any atom is -0.107 e. The maximum Gasteiger partial charge on any atom is -0.0279 e. The van der Waals surface area contributed by atoms with Gasteiger partial charge in [-0.2, -0.15) is 0 Å². The number of hydrogen-bond donors (Lipinski definition) is 0. The molecule has 1 unspecified atom stereocenters. The highest BCUT2D eigenvalue weighted by Crippen LogP contribution is 2.38. The lowest BCUT2D eigenvalue weighted by Gasteiger charge is -2.16. The standard InChI is InChI=1S/C21H37P/c1-3-5-19-22(18-4-2)20-14-9-7-6-8-11-15-21-16-12-10-13-17-21/h10,12-13,16-17H,3-9,11,14-15,18-20H2,1-2H3. The van der Waals surface area contributed by atoms with Crippen LogP contribution in [0.3, 0.4) is 0 Å². The summed E-state index contributed by atoms with van der Waals surface area (Å²) in [5.41, 5.74) is 1.50. The summed E-state index contributed by atoms with van der Waals surface area (Å²) < 4.78 is 0. The van der Waals surface area contributed by atoms with Crippen LogP contribution in [-0.4, -0.2) is 18.5 Å². The summed E-state index contributed by atoms with van der Waals surface area (Å²) in [5, 5.41) is 0. The van der Waals surface area contributed by atoms with Gasteiger partial charge in [-0.1, -0.05) is 82.7 Å². The third-order valence-electron chi connectivity index (χ3n) is 4.40. The van der Waals surface area contributed by atoms with Gasteiger partial charge in [-0.3, -0.25) is 0 Å². The summed E-state index contributed by atoms with van der Waals surface area (Å²) in [6.07, 6.45) is 18.7. The Morgan fingerprint density at radius 1 is 0.636 bits per heavy atom. The van der Waals surface area contributed by atoms with Gasteiger partial charge < -0.3 is 0 Å². The molecule has 0 nitrogen and oxygen atoms in total. The van der Waals surface area contributed by atoms with E-state index < -0.39 is 0 Å². The van der Waals surface area contributed by atoms with Crippen LogP contribution in [0.25, 0.3) is 0 Å². The first kappa shape index (κ1) is 19.7. The maximum atomic E-state index is 2.36. The topological polar surface area (TPSA) is 0 Å². The van der Waals surface area contributed by atoms with Crippen molar-refractivity contribution in [3.05, 3.63) is 35.9 Å². The molecule has 0 aliphatic rings. The van der Waals surface area contributed by atoms with Gasteiger partial charge in [0.1, 0.15) is 0 Å². The molecule has 1 heteroatoms. The van der Waals surface area contributed by atoms with Gasteiger partial charge in [0.2, 0.25) is 0 Å². The van der Waals surface area contributed by atoms with E-state index in [4.69, 9.17) is 0 Å². The van der Waals surface area contributed by atoms with E-state index in [-0.39, 0.29) is 0 Å². The van der Waals surface area contributed by atoms with Crippen molar-refractivity contribution in [2.45, 2.75) is 78.1 Å². The molecule has 0 aliphatic carbocycles. The Kier molecular flexibility index (Phi) is 12.8. The van der Waals surface area contributed by atoms with Gasteiger partial charge in [0.05, 0.1) is 0 Å². The van der Waals surface area contributed by atoms with Gasteiger partial charge in [0.25, 0.3) is 0 Å². The highest BCUT2D eigenvalue weighted by molar-refractivity contribution is 7.57. The lowest BCUT2D eigenvalue weighted by atomic mass is 10.1. The number of aryl methyl sites for hydroxylation is 1. The molecule has 0 fully saturated rings. The van der Waals surface area contributed by atoms with E-state index in [0.29, 0.717) is 7.92 Å². The molecule has 0 N–H and O–H groups in total. The first-order valence-corrected chi connectivity index (χ1v) is 11.5. The smallest absolute Gasteiger partial charge is 0.0279 e. The summed E-state index contributed by atoms with van der Waals surface area (Å²) in [5.74, 6) is 0. The van der Waals surface area contributed by atoms with E-state index in [1.807, 2.05) is 0 Å². The Bertz CT molecular complexity index is 333. The van der Waals surface area contributed by atoms with Crippen molar-refractivity contribution in [2.24, 2.45) is 0 Å². The molecule has 0 aromatic heterocycles. The zero-order valence-corrected chi connectivity index (χ0v) is 15.9. The highest BCUT2D eigenvalue weighted by atomic mass is 31.1. The Labute approximate surface area is 140 Å². The van der Waals surface area contributed by atoms with E-state index in [2.05, 4.69) is 44.2 Å². The fourth-order valence-corrected chi connectivity index (χ4v) is 5.79. The second-order valence-corrected chi connectivity index (χ2v) is 9.24. The number of rotatable bonds is 14. The van der Waals surface area contributed by atoms with E-state index in [1.54, 1.807) is 6.16 Å². The van der Waals surface area contributed by atoms with Crippen molar-refractivity contribution in [2.75, 3.05) is 18.5 Å². The predicted octanol–water partition coefficient (Wildman–Crippen LogP) is 7.26. The maximum absolute atomic E-state index is 2.36. The molecule has 1 atom stereocenters. The molecule has 0 bridgehead atoms. The molecule has 126 valence electrons. The molecule has 0 heterocycles. The van der Waals surface area contributed by atoms with Crippen molar-refractivity contribution in [1.82, 2.24) is 0 Å². The molecule has 1 aromatic rings. The molecule has 22 heavy (non-hydrogen) atoms. The van der Waals surface area contributed by atoms with Crippen LogP contribution >= 0.6 is 7.92 Å². The van der Waals surface area contributed by atoms with Crippen molar-refractivity contribution in [3.8, 4) is 0 Å². The van der Waals surface area contributed by atoms with Gasteiger partial charge in [-0.05, 0) is 49.7 Å². The molecule has 0 aliphatic heterocycles. The average Bonchev–Trinajstić information content (AvgIpc) is 2.55. The van der Waals surface area contributed by atoms with Gasteiger partial charge >= 0.3 is 0 Å². The minimum atomic E-state index is 0.375. The Morgan fingerprint density at radius 2 is 1.27 bits per heavy atom. The van der Waals surface area contributed by atoms with Gasteiger partial charge in [-0.15, -0.1) is 7.92 Å². The number of hydrogen-bond acceptors (Lipinski definition) is 0. The quantitative estimate of drug-likeness (QED) is 0.250. The Morgan fingerprint density at radius 3 is 1.95 bits per heavy atom. The molecule has 0 spiro atoms. The third-order valence-corrected chi connectivity index (χ3v) is 7.38. The van der Waals surface area contributed by atoms with E-state index in [1.165, 1.54) is 82.1 Å². The molecular weight excluding hydrogens is 283 g/mol. The lowest BCUT2D eigenvalue weighted by molar-refractivity contribution is 0.608. The Balaban J connectivity index is 1.93. The summed E-state index contributed by atoms with van der Waals surface area (Å²) in [6.45, 7) is 4.68. The van der Waals surface area contributed by atoms with Crippen molar-refractivity contribution in [3.63, 3.8) is 0 Å². The highest BCUT2D eigenvalue weighted by Gasteiger charge is 2.05. The van der Waals surface area contributed by atoms with E-state index in [0.717, 1.165) is 0 Å². The van der Waals surface area contributed by atoms with Crippen molar-refractivity contribution in [1.29, 1.82) is 0 Å². The second-order valence-electron chi connectivity index (χ2n) is 6.55. The molecule has 0 saturated carbocycles. The van der Waals surface area contributed by atoms with Crippen LogP contribution in [-0.2, 0) is 6.42 Å². The summed E-state index contributed by atoms with van der Waals surface area (Å²) in [7, 11) is 0.375. The molecule has 1 aromatic carbocycles. The fraction of sp³-hybridized carbons (Fsp3) is 0.714. The van der Waals surface area contributed by atoms with Gasteiger partial charge in [0, 0.05) is 0 Å². The number of unbranched alkanes of at least 4 members (excludes halogenated alkanes) is 6. The van der Waals surface area contributed by atoms with Crippen LogP contribution in [0.2, 0.25) is 0 Å². The average molecular weight is 321 g/mol. The van der Waals surface area contributed by atoms with Crippen LogP contribution in [0.15, 0.2) is 30.3 Å². The molecular formula is C21H37P. The lowest BCUT2D eigenvalue weighted by Crippen LogP contribution is -1.95. The molecule has 0 radical (unpaired) electrons. The summed E-state index contributed by atoms with van der Waals surface area (Å²) in [4.78, 5) is 0. The second kappa shape index (κ2) is 14.3. The number of benzene rings is 1. The normalized spacial score (nSPS) is 12.5. The van der Waals surface area contributed by atoms with Crippen LogP contribution < -0.4 is 0 Å². The summed E-state index contributed by atoms with van der Waals surface area (Å²) >= 11 is 0. The Hall–Kier alpha value is -0.350. The van der Waals surface area contributed by atoms with Crippen LogP contribution in [0.4, 0.5) is 0 Å². The molecule has 0 amide bonds. The van der Waals surface area contributed by atoms with Crippen LogP contribution in [0.1, 0.15) is 77.2 Å². The van der Waals surface area contributed by atoms with Crippen molar-refractivity contribution >= 4 is 7.92 Å². The minimum absolute atomic E-state index is 0.375. The first-order chi connectivity index (χ1) is 10.9. The molecule has 0 saturated heterocycles. The zero-order chi connectivity index (χ0) is 15.9. The predicted molar refractivity (Wildman–Crippen MR) is 105 cm³/mol. The summed E-state index contributed by atoms with van der Waals surface area (Å²) in [6, 6.07) is 10.9. The van der Waals surface area contributed by atoms with Crippen LogP contribution in [0, 0.1) is 0 Å². The first-order valence-electron chi connectivity index (χ1n) is 9.63. The van der Waals surface area contributed by atoms with Gasteiger partial charge in [-0.25, -0.2) is 0 Å². The SMILES string of the molecule is CCCCP(CCC)CCCCCCCCc1ccccc1.